The molecule has 0 spiro atoms. The molecule has 0 unspecified atom stereocenters. The second-order valence-electron chi connectivity index (χ2n) is 4.70. The van der Waals surface area contributed by atoms with E-state index in [2.05, 4.69) is 23.5 Å². The van der Waals surface area contributed by atoms with Crippen molar-refractivity contribution < 1.29 is 9.60 Å². The first-order valence-electron chi connectivity index (χ1n) is 6.73. The number of para-hydroxylation sites is 1. The van der Waals surface area contributed by atoms with Gasteiger partial charge >= 0.3 is 0 Å². The highest BCUT2D eigenvalue weighted by molar-refractivity contribution is 5.97. The van der Waals surface area contributed by atoms with Crippen LogP contribution in [0.1, 0.15) is 23.6 Å². The lowest BCUT2D eigenvalue weighted by Gasteiger charge is -2.11. The number of halogens is 1. The molecule has 0 saturated heterocycles. The van der Waals surface area contributed by atoms with Crippen molar-refractivity contribution in [3.8, 4) is 0 Å². The molecule has 4 N–H and O–H groups in total. The van der Waals surface area contributed by atoms with E-state index in [1.165, 1.54) is 17.7 Å². The highest BCUT2D eigenvalue weighted by Gasteiger charge is 2.06. The molecule has 5 heteroatoms. The lowest BCUT2D eigenvalue weighted by atomic mass is 10.1. The molecular weight excluding hydrogens is 269 g/mol. The second-order valence-corrected chi connectivity index (χ2v) is 4.70. The topological polar surface area (TPSA) is 70.6 Å². The summed E-state index contributed by atoms with van der Waals surface area (Å²) in [6.45, 7) is 2.54. The fraction of sp³-hybridized carbons (Fsp3) is 0.188. The SMILES string of the molecule is CCc1ccccc1NCc1cc(F)cc(/C(N)=N/O)c1. The lowest BCUT2D eigenvalue weighted by molar-refractivity contribution is 0.318. The fourth-order valence-electron chi connectivity index (χ4n) is 2.16. The van der Waals surface area contributed by atoms with Crippen molar-refractivity contribution in [2.24, 2.45) is 10.9 Å². The molecule has 4 nitrogen and oxygen atoms in total. The van der Waals surface area contributed by atoms with Crippen molar-refractivity contribution in [3.63, 3.8) is 0 Å². The van der Waals surface area contributed by atoms with Gasteiger partial charge in [0.05, 0.1) is 0 Å². The summed E-state index contributed by atoms with van der Waals surface area (Å²) in [6.07, 6.45) is 0.918. The molecule has 0 atom stereocenters. The molecule has 2 rings (SSSR count). The maximum atomic E-state index is 13.6. The third-order valence-corrected chi connectivity index (χ3v) is 3.24. The van der Waals surface area contributed by atoms with Crippen LogP contribution in [0, 0.1) is 5.82 Å². The zero-order valence-corrected chi connectivity index (χ0v) is 11.8. The number of nitrogens with zero attached hydrogens (tertiary/aromatic N) is 1. The summed E-state index contributed by atoms with van der Waals surface area (Å²) in [5.74, 6) is -0.524. The Morgan fingerprint density at radius 1 is 1.29 bits per heavy atom. The van der Waals surface area contributed by atoms with Crippen LogP contribution in [0.3, 0.4) is 0 Å². The number of hydrogen-bond donors (Lipinski definition) is 3. The van der Waals surface area contributed by atoms with Gasteiger partial charge < -0.3 is 16.3 Å². The van der Waals surface area contributed by atoms with Crippen molar-refractivity contribution in [3.05, 3.63) is 65.0 Å². The van der Waals surface area contributed by atoms with Gasteiger partial charge in [0, 0.05) is 17.8 Å². The van der Waals surface area contributed by atoms with Gasteiger partial charge in [0.15, 0.2) is 5.84 Å². The van der Waals surface area contributed by atoms with Crippen LogP contribution in [0.2, 0.25) is 0 Å². The maximum absolute atomic E-state index is 13.6. The van der Waals surface area contributed by atoms with Crippen LogP contribution in [0.15, 0.2) is 47.6 Å². The molecule has 0 aliphatic carbocycles. The van der Waals surface area contributed by atoms with E-state index in [0.717, 1.165) is 17.7 Å². The molecule has 0 heterocycles. The second kappa shape index (κ2) is 6.74. The number of oxime groups is 1. The standard InChI is InChI=1S/C16H18FN3O/c1-2-12-5-3-4-6-15(12)19-10-11-7-13(16(18)20-21)9-14(17)8-11/h3-9,19,21H,2,10H2,1H3,(H2,18,20). The van der Waals surface area contributed by atoms with E-state index in [9.17, 15) is 4.39 Å². The largest absolute Gasteiger partial charge is 0.409 e. The molecule has 2 aromatic rings. The molecule has 0 aliphatic heterocycles. The van der Waals surface area contributed by atoms with E-state index < -0.39 is 5.82 Å². The van der Waals surface area contributed by atoms with Gasteiger partial charge in [-0.2, -0.15) is 0 Å². The Labute approximate surface area is 123 Å². The van der Waals surface area contributed by atoms with Gasteiger partial charge in [0.2, 0.25) is 0 Å². The molecule has 0 fully saturated rings. The van der Waals surface area contributed by atoms with Gasteiger partial charge in [-0.1, -0.05) is 30.3 Å². The van der Waals surface area contributed by atoms with E-state index >= 15 is 0 Å². The van der Waals surface area contributed by atoms with Crippen molar-refractivity contribution >= 4 is 11.5 Å². The molecule has 0 saturated carbocycles. The van der Waals surface area contributed by atoms with Crippen molar-refractivity contribution in [2.75, 3.05) is 5.32 Å². The average molecular weight is 287 g/mol. The van der Waals surface area contributed by atoms with Crippen LogP contribution < -0.4 is 11.1 Å². The quantitative estimate of drug-likeness (QED) is 0.342. The first-order chi connectivity index (χ1) is 10.1. The van der Waals surface area contributed by atoms with E-state index in [0.29, 0.717) is 12.1 Å². The summed E-state index contributed by atoms with van der Waals surface area (Å²) in [4.78, 5) is 0. The normalized spacial score (nSPS) is 11.4. The number of hydrogen-bond acceptors (Lipinski definition) is 3. The number of benzene rings is 2. The van der Waals surface area contributed by atoms with Crippen molar-refractivity contribution in [1.82, 2.24) is 0 Å². The highest BCUT2D eigenvalue weighted by Crippen LogP contribution is 2.17. The Kier molecular flexibility index (Phi) is 4.77. The molecular formula is C16H18FN3O. The first-order valence-corrected chi connectivity index (χ1v) is 6.73. The summed E-state index contributed by atoms with van der Waals surface area (Å²) in [7, 11) is 0. The van der Waals surface area contributed by atoms with Gasteiger partial charge in [0.1, 0.15) is 5.82 Å². The third-order valence-electron chi connectivity index (χ3n) is 3.24. The number of rotatable bonds is 5. The zero-order chi connectivity index (χ0) is 15.2. The van der Waals surface area contributed by atoms with Crippen LogP contribution in [-0.2, 0) is 13.0 Å². The fourth-order valence-corrected chi connectivity index (χ4v) is 2.16. The van der Waals surface area contributed by atoms with Crippen molar-refractivity contribution in [1.29, 1.82) is 0 Å². The van der Waals surface area contributed by atoms with Gasteiger partial charge in [-0.15, -0.1) is 0 Å². The summed E-state index contributed by atoms with van der Waals surface area (Å²) in [5.41, 5.74) is 8.80. The predicted octanol–water partition coefficient (Wildman–Crippen LogP) is 3.09. The minimum atomic E-state index is -0.417. The van der Waals surface area contributed by atoms with E-state index in [1.807, 2.05) is 18.2 Å². The molecule has 110 valence electrons. The van der Waals surface area contributed by atoms with Crippen LogP contribution >= 0.6 is 0 Å². The Bertz CT molecular complexity index is 656. The monoisotopic (exact) mass is 287 g/mol. The smallest absolute Gasteiger partial charge is 0.170 e. The Hall–Kier alpha value is -2.56. The Balaban J connectivity index is 2.18. The van der Waals surface area contributed by atoms with Gasteiger partial charge in [-0.3, -0.25) is 0 Å². The third kappa shape index (κ3) is 3.72. The van der Waals surface area contributed by atoms with Gasteiger partial charge in [-0.05, 0) is 41.8 Å². The maximum Gasteiger partial charge on any atom is 0.170 e. The van der Waals surface area contributed by atoms with Crippen LogP contribution in [0.25, 0.3) is 0 Å². The number of amidine groups is 1. The van der Waals surface area contributed by atoms with Crippen LogP contribution in [0.5, 0.6) is 0 Å². The number of nitrogens with two attached hydrogens (primary N) is 1. The molecule has 0 bridgehead atoms. The summed E-state index contributed by atoms with van der Waals surface area (Å²) >= 11 is 0. The summed E-state index contributed by atoms with van der Waals surface area (Å²) in [6, 6.07) is 12.3. The van der Waals surface area contributed by atoms with Crippen molar-refractivity contribution in [2.45, 2.75) is 19.9 Å². The molecule has 2 aromatic carbocycles. The summed E-state index contributed by atoms with van der Waals surface area (Å²) in [5, 5.41) is 14.8. The van der Waals surface area contributed by atoms with Crippen LogP contribution in [-0.4, -0.2) is 11.0 Å². The van der Waals surface area contributed by atoms with Gasteiger partial charge in [0.25, 0.3) is 0 Å². The molecule has 0 aliphatic rings. The minimum Gasteiger partial charge on any atom is -0.409 e. The van der Waals surface area contributed by atoms with E-state index in [-0.39, 0.29) is 5.84 Å². The predicted molar refractivity (Wildman–Crippen MR) is 82.1 cm³/mol. The molecule has 0 aromatic heterocycles. The lowest BCUT2D eigenvalue weighted by Crippen LogP contribution is -2.14. The molecule has 0 amide bonds. The number of aryl methyl sites for hydroxylation is 1. The molecule has 21 heavy (non-hydrogen) atoms. The Morgan fingerprint density at radius 3 is 2.76 bits per heavy atom. The van der Waals surface area contributed by atoms with E-state index in [1.54, 1.807) is 6.07 Å². The Morgan fingerprint density at radius 2 is 2.05 bits per heavy atom. The minimum absolute atomic E-state index is 0.107. The summed E-state index contributed by atoms with van der Waals surface area (Å²) < 4.78 is 13.6. The highest BCUT2D eigenvalue weighted by atomic mass is 19.1. The van der Waals surface area contributed by atoms with Crippen LogP contribution in [0.4, 0.5) is 10.1 Å². The number of nitrogens with one attached hydrogen (secondary N) is 1. The van der Waals surface area contributed by atoms with E-state index in [4.69, 9.17) is 10.9 Å². The average Bonchev–Trinajstić information content (AvgIpc) is 2.51. The first kappa shape index (κ1) is 14.8. The zero-order valence-electron chi connectivity index (χ0n) is 11.8. The number of anilines is 1. The molecule has 0 radical (unpaired) electrons. The van der Waals surface area contributed by atoms with Gasteiger partial charge in [-0.25, -0.2) is 4.39 Å².